The van der Waals surface area contributed by atoms with Crippen LogP contribution in [0.2, 0.25) is 5.02 Å². The highest BCUT2D eigenvalue weighted by Crippen LogP contribution is 2.41. The van der Waals surface area contributed by atoms with Crippen molar-refractivity contribution in [2.75, 3.05) is 0 Å². The number of fused-ring (bicyclic) bond motifs is 3. The first-order valence-electron chi connectivity index (χ1n) is 13.5. The summed E-state index contributed by atoms with van der Waals surface area (Å²) in [4.78, 5) is 19.9. The summed E-state index contributed by atoms with van der Waals surface area (Å²) in [5.41, 5.74) is 7.65. The summed E-state index contributed by atoms with van der Waals surface area (Å²) in [6.07, 6.45) is 3.74. The zero-order valence-corrected chi connectivity index (χ0v) is 26.9. The van der Waals surface area contributed by atoms with Crippen molar-refractivity contribution in [3.05, 3.63) is 158 Å². The van der Waals surface area contributed by atoms with Crippen LogP contribution in [0, 0.1) is 0 Å². The van der Waals surface area contributed by atoms with Crippen molar-refractivity contribution in [2.24, 2.45) is 4.99 Å². The maximum atomic E-state index is 14.0. The molecule has 2 aliphatic rings. The van der Waals surface area contributed by atoms with Crippen molar-refractivity contribution in [3.63, 3.8) is 0 Å². The van der Waals surface area contributed by atoms with Crippen molar-refractivity contribution in [3.8, 4) is 5.75 Å². The van der Waals surface area contributed by atoms with E-state index in [0.717, 1.165) is 60.3 Å². The number of nitrogens with zero attached hydrogens (tertiary/aromatic N) is 2. The Morgan fingerprint density at radius 1 is 0.976 bits per heavy atom. The number of rotatable bonds is 5. The number of allylic oxidation sites excluding steroid dienone is 1. The Morgan fingerprint density at radius 3 is 2.55 bits per heavy atom. The Hall–Kier alpha value is -3.23. The van der Waals surface area contributed by atoms with Crippen LogP contribution in [-0.2, 0) is 13.0 Å². The standard InChI is InChI=1S/C34H23Br2ClN2O2S/c35-24-11-8-23(9-12-24)32-27-15-10-22-3-1-2-4-26(22)31(27)38-34-39(32)33(40)30(42-34)18-21-7-16-29(28(36)17-21)41-19-20-5-13-25(37)14-6-20/h1-9,11-14,16-18,32H,10,15,19H2/b30-18-/t32-/m0/s1. The minimum atomic E-state index is -0.199. The molecule has 0 N–H and O–H groups in total. The zero-order chi connectivity index (χ0) is 28.8. The molecule has 208 valence electrons. The third-order valence-electron chi connectivity index (χ3n) is 7.62. The molecule has 0 amide bonds. The number of ether oxygens (including phenoxy) is 1. The molecule has 0 fully saturated rings. The topological polar surface area (TPSA) is 43.6 Å². The Balaban J connectivity index is 1.28. The highest BCUT2D eigenvalue weighted by Gasteiger charge is 2.32. The van der Waals surface area contributed by atoms with Gasteiger partial charge in [-0.15, -0.1) is 0 Å². The molecule has 42 heavy (non-hydrogen) atoms. The molecule has 8 heteroatoms. The molecule has 2 heterocycles. The number of hydrogen-bond donors (Lipinski definition) is 0. The molecule has 1 aromatic heterocycles. The van der Waals surface area contributed by atoms with E-state index < -0.39 is 0 Å². The van der Waals surface area contributed by atoms with Crippen LogP contribution in [0.25, 0.3) is 11.8 Å². The van der Waals surface area contributed by atoms with Crippen molar-refractivity contribution in [1.29, 1.82) is 0 Å². The van der Waals surface area contributed by atoms with Crippen LogP contribution in [0.15, 0.2) is 115 Å². The molecule has 4 nitrogen and oxygen atoms in total. The van der Waals surface area contributed by atoms with Gasteiger partial charge in [0.2, 0.25) is 0 Å². The summed E-state index contributed by atoms with van der Waals surface area (Å²) >= 11 is 14.6. The van der Waals surface area contributed by atoms with Crippen LogP contribution in [0.1, 0.15) is 40.3 Å². The predicted octanol–water partition coefficient (Wildman–Crippen LogP) is 8.08. The second-order valence-corrected chi connectivity index (χ2v) is 13.5. The molecule has 1 aliphatic carbocycles. The van der Waals surface area contributed by atoms with Gasteiger partial charge < -0.3 is 4.74 Å². The maximum Gasteiger partial charge on any atom is 0.271 e. The van der Waals surface area contributed by atoms with E-state index in [1.54, 1.807) is 0 Å². The molecule has 0 radical (unpaired) electrons. The third kappa shape index (κ3) is 5.24. The smallest absolute Gasteiger partial charge is 0.271 e. The molecule has 4 aromatic carbocycles. The Kier molecular flexibility index (Phi) is 7.53. The largest absolute Gasteiger partial charge is 0.488 e. The van der Waals surface area contributed by atoms with Crippen LogP contribution in [0.5, 0.6) is 5.75 Å². The summed E-state index contributed by atoms with van der Waals surface area (Å²) < 4.78 is 10.4. The maximum absolute atomic E-state index is 14.0. The van der Waals surface area contributed by atoms with Crippen LogP contribution in [0.4, 0.5) is 0 Å². The molecule has 1 aliphatic heterocycles. The molecule has 0 unspecified atom stereocenters. The minimum absolute atomic E-state index is 0.0312. The first-order valence-corrected chi connectivity index (χ1v) is 16.3. The zero-order valence-electron chi connectivity index (χ0n) is 22.2. The molecule has 0 saturated heterocycles. The number of benzene rings is 4. The lowest BCUT2D eigenvalue weighted by atomic mass is 9.83. The number of aryl methyl sites for hydroxylation is 1. The van der Waals surface area contributed by atoms with Crippen LogP contribution < -0.4 is 19.6 Å². The molecule has 7 rings (SSSR count). The fourth-order valence-corrected chi connectivity index (χ4v) is 7.49. The highest BCUT2D eigenvalue weighted by atomic mass is 79.9. The van der Waals surface area contributed by atoms with Gasteiger partial charge in [0.15, 0.2) is 4.80 Å². The summed E-state index contributed by atoms with van der Waals surface area (Å²) in [6, 6.07) is 30.0. The number of hydrogen-bond acceptors (Lipinski definition) is 4. The number of halogens is 3. The van der Waals surface area contributed by atoms with E-state index in [1.165, 1.54) is 22.5 Å². The van der Waals surface area contributed by atoms with Crippen molar-refractivity contribution >= 4 is 66.6 Å². The Morgan fingerprint density at radius 2 is 1.76 bits per heavy atom. The van der Waals surface area contributed by atoms with Crippen molar-refractivity contribution in [1.82, 2.24) is 4.57 Å². The van der Waals surface area contributed by atoms with Gasteiger partial charge in [-0.25, -0.2) is 4.99 Å². The van der Waals surface area contributed by atoms with E-state index in [2.05, 4.69) is 68.3 Å². The number of aromatic nitrogens is 1. The second kappa shape index (κ2) is 11.5. The van der Waals surface area contributed by atoms with Gasteiger partial charge in [-0.05, 0) is 99.1 Å². The van der Waals surface area contributed by atoms with E-state index in [-0.39, 0.29) is 11.6 Å². The van der Waals surface area contributed by atoms with E-state index in [0.29, 0.717) is 16.2 Å². The fraction of sp³-hybridized carbons (Fsp3) is 0.118. The van der Waals surface area contributed by atoms with E-state index in [4.69, 9.17) is 21.3 Å². The summed E-state index contributed by atoms with van der Waals surface area (Å²) in [7, 11) is 0. The van der Waals surface area contributed by atoms with Gasteiger partial charge in [0.1, 0.15) is 12.4 Å². The van der Waals surface area contributed by atoms with Crippen LogP contribution in [0.3, 0.4) is 0 Å². The van der Waals surface area contributed by atoms with Gasteiger partial charge >= 0.3 is 0 Å². The van der Waals surface area contributed by atoms with Crippen molar-refractivity contribution < 1.29 is 4.74 Å². The first-order chi connectivity index (χ1) is 20.4. The molecular formula is C34H23Br2ClN2O2S. The predicted molar refractivity (Wildman–Crippen MR) is 177 cm³/mol. The van der Waals surface area contributed by atoms with Crippen LogP contribution >= 0.6 is 54.8 Å². The Labute approximate surface area is 268 Å². The van der Waals surface area contributed by atoms with Gasteiger partial charge in [-0.1, -0.05) is 93.5 Å². The van der Waals surface area contributed by atoms with E-state index >= 15 is 0 Å². The van der Waals surface area contributed by atoms with Gasteiger partial charge in [0.25, 0.3) is 5.56 Å². The summed E-state index contributed by atoms with van der Waals surface area (Å²) in [6.45, 7) is 0.428. The van der Waals surface area contributed by atoms with Gasteiger partial charge in [0, 0.05) is 15.1 Å². The van der Waals surface area contributed by atoms with Crippen molar-refractivity contribution in [2.45, 2.75) is 25.5 Å². The SMILES string of the molecule is O=c1/c(=C/c2ccc(OCc3ccc(Cl)cc3)c(Br)c2)sc2n1[C@@H](c1ccc(Br)cc1)C1=C(N=2)c2ccccc2CC1. The quantitative estimate of drug-likeness (QED) is 0.185. The minimum Gasteiger partial charge on any atom is -0.488 e. The lowest BCUT2D eigenvalue weighted by Crippen LogP contribution is -2.38. The van der Waals surface area contributed by atoms with Gasteiger partial charge in [-0.3, -0.25) is 9.36 Å². The second-order valence-electron chi connectivity index (χ2n) is 10.3. The monoisotopic (exact) mass is 716 g/mol. The molecular weight excluding hydrogens is 696 g/mol. The third-order valence-corrected chi connectivity index (χ3v) is 10.0. The lowest BCUT2D eigenvalue weighted by molar-refractivity contribution is 0.304. The molecule has 1 atom stereocenters. The average molecular weight is 719 g/mol. The van der Waals surface area contributed by atoms with E-state index in [1.807, 2.05) is 65.2 Å². The average Bonchev–Trinajstić information content (AvgIpc) is 3.31. The summed E-state index contributed by atoms with van der Waals surface area (Å²) in [5.74, 6) is 0.727. The van der Waals surface area contributed by atoms with Gasteiger partial charge in [0.05, 0.1) is 20.7 Å². The van der Waals surface area contributed by atoms with Crippen LogP contribution in [-0.4, -0.2) is 4.57 Å². The van der Waals surface area contributed by atoms with Gasteiger partial charge in [-0.2, -0.15) is 0 Å². The molecule has 0 saturated carbocycles. The number of thiazole rings is 1. The van der Waals surface area contributed by atoms with E-state index in [9.17, 15) is 4.79 Å². The highest BCUT2D eigenvalue weighted by molar-refractivity contribution is 9.10. The molecule has 0 bridgehead atoms. The lowest BCUT2D eigenvalue weighted by Gasteiger charge is -2.30. The Bertz CT molecular complexity index is 2050. The fourth-order valence-electron chi connectivity index (χ4n) is 5.58. The first kappa shape index (κ1) is 27.6. The summed E-state index contributed by atoms with van der Waals surface area (Å²) in [5, 5.41) is 0.697. The molecule has 0 spiro atoms. The molecule has 5 aromatic rings. The normalized spacial score (nSPS) is 16.0.